The van der Waals surface area contributed by atoms with Crippen LogP contribution < -0.4 is 11.3 Å². The van der Waals surface area contributed by atoms with Crippen LogP contribution in [0.2, 0.25) is 0 Å². The Morgan fingerprint density at radius 3 is 2.75 bits per heavy atom. The topological polar surface area (TPSA) is 38.0 Å². The van der Waals surface area contributed by atoms with E-state index in [1.807, 2.05) is 0 Å². The Bertz CT molecular complexity index is 366. The third-order valence-electron chi connectivity index (χ3n) is 3.33. The Labute approximate surface area is 104 Å². The molecule has 0 heterocycles. The van der Waals surface area contributed by atoms with E-state index in [1.165, 1.54) is 31.4 Å². The molecule has 0 spiro atoms. The SMILES string of the molecule is NNC(CC1CCC1)c1ccc(F)cc1Br. The van der Waals surface area contributed by atoms with Crippen molar-refractivity contribution in [1.82, 2.24) is 5.43 Å². The summed E-state index contributed by atoms with van der Waals surface area (Å²) in [5.74, 6) is 6.11. The molecule has 1 fully saturated rings. The molecule has 88 valence electrons. The van der Waals surface area contributed by atoms with E-state index in [0.29, 0.717) is 0 Å². The zero-order chi connectivity index (χ0) is 11.5. The number of hydrogen-bond acceptors (Lipinski definition) is 2. The minimum absolute atomic E-state index is 0.111. The van der Waals surface area contributed by atoms with Crippen molar-refractivity contribution in [2.45, 2.75) is 31.7 Å². The number of benzene rings is 1. The van der Waals surface area contributed by atoms with Gasteiger partial charge in [-0.2, -0.15) is 0 Å². The summed E-state index contributed by atoms with van der Waals surface area (Å²) in [5, 5.41) is 0. The second kappa shape index (κ2) is 5.25. The molecule has 1 aromatic carbocycles. The van der Waals surface area contributed by atoms with E-state index in [4.69, 9.17) is 5.84 Å². The van der Waals surface area contributed by atoms with Crippen molar-refractivity contribution in [3.05, 3.63) is 34.1 Å². The van der Waals surface area contributed by atoms with Gasteiger partial charge in [-0.1, -0.05) is 41.3 Å². The molecule has 1 unspecified atom stereocenters. The normalized spacial score (nSPS) is 18.2. The van der Waals surface area contributed by atoms with Crippen LogP contribution in [0.25, 0.3) is 0 Å². The Morgan fingerprint density at radius 1 is 1.50 bits per heavy atom. The van der Waals surface area contributed by atoms with Gasteiger partial charge in [-0.3, -0.25) is 11.3 Å². The monoisotopic (exact) mass is 286 g/mol. The van der Waals surface area contributed by atoms with Crippen LogP contribution in [0.1, 0.15) is 37.3 Å². The highest BCUT2D eigenvalue weighted by Gasteiger charge is 2.23. The molecule has 0 amide bonds. The van der Waals surface area contributed by atoms with Crippen LogP contribution in [0.5, 0.6) is 0 Å². The van der Waals surface area contributed by atoms with Gasteiger partial charge in [0.2, 0.25) is 0 Å². The second-order valence-electron chi connectivity index (χ2n) is 4.42. The number of nitrogens with two attached hydrogens (primary N) is 1. The number of hydrogen-bond donors (Lipinski definition) is 2. The number of hydrazine groups is 1. The van der Waals surface area contributed by atoms with E-state index in [0.717, 1.165) is 22.4 Å². The molecule has 0 bridgehead atoms. The van der Waals surface area contributed by atoms with Crippen molar-refractivity contribution in [2.24, 2.45) is 11.8 Å². The third kappa shape index (κ3) is 2.62. The summed E-state index contributed by atoms with van der Waals surface area (Å²) in [7, 11) is 0. The van der Waals surface area contributed by atoms with E-state index in [2.05, 4.69) is 21.4 Å². The molecule has 16 heavy (non-hydrogen) atoms. The standard InChI is InChI=1S/C12H16BrFN2/c13-11-7-9(14)4-5-10(11)12(16-15)6-8-2-1-3-8/h4-5,7-8,12,16H,1-3,6,15H2. The van der Waals surface area contributed by atoms with Gasteiger partial charge in [0.05, 0.1) is 0 Å². The summed E-state index contributed by atoms with van der Waals surface area (Å²) >= 11 is 3.38. The minimum Gasteiger partial charge on any atom is -0.271 e. The lowest BCUT2D eigenvalue weighted by molar-refractivity contribution is 0.261. The fraction of sp³-hybridized carbons (Fsp3) is 0.500. The van der Waals surface area contributed by atoms with Crippen molar-refractivity contribution >= 4 is 15.9 Å². The largest absolute Gasteiger partial charge is 0.271 e. The fourth-order valence-electron chi connectivity index (χ4n) is 2.13. The first-order chi connectivity index (χ1) is 7.70. The van der Waals surface area contributed by atoms with E-state index < -0.39 is 0 Å². The number of nitrogens with one attached hydrogen (secondary N) is 1. The Kier molecular flexibility index (Phi) is 3.95. The Balaban J connectivity index is 2.11. The zero-order valence-corrected chi connectivity index (χ0v) is 10.6. The molecule has 0 aliphatic heterocycles. The quantitative estimate of drug-likeness (QED) is 0.659. The van der Waals surface area contributed by atoms with E-state index >= 15 is 0 Å². The molecule has 2 nitrogen and oxygen atoms in total. The molecule has 1 aliphatic carbocycles. The molecule has 1 aromatic rings. The average Bonchev–Trinajstić information content (AvgIpc) is 2.18. The molecule has 0 radical (unpaired) electrons. The van der Waals surface area contributed by atoms with Crippen molar-refractivity contribution in [1.29, 1.82) is 0 Å². The van der Waals surface area contributed by atoms with Gasteiger partial charge in [-0.25, -0.2) is 4.39 Å². The number of rotatable bonds is 4. The van der Waals surface area contributed by atoms with Crippen LogP contribution in [0.15, 0.2) is 22.7 Å². The van der Waals surface area contributed by atoms with E-state index in [9.17, 15) is 4.39 Å². The first-order valence-corrected chi connectivity index (χ1v) is 6.41. The molecule has 0 saturated heterocycles. The highest BCUT2D eigenvalue weighted by atomic mass is 79.9. The molecule has 1 atom stereocenters. The molecule has 1 saturated carbocycles. The lowest BCUT2D eigenvalue weighted by Gasteiger charge is -2.30. The van der Waals surface area contributed by atoms with Crippen LogP contribution in [0.4, 0.5) is 4.39 Å². The predicted octanol–water partition coefficient (Wildman–Crippen LogP) is 3.28. The second-order valence-corrected chi connectivity index (χ2v) is 5.27. The van der Waals surface area contributed by atoms with Gasteiger partial charge in [0, 0.05) is 10.5 Å². The lowest BCUT2D eigenvalue weighted by Crippen LogP contribution is -2.31. The maximum absolute atomic E-state index is 13.0. The van der Waals surface area contributed by atoms with Crippen molar-refractivity contribution in [3.8, 4) is 0 Å². The van der Waals surface area contributed by atoms with Crippen molar-refractivity contribution < 1.29 is 4.39 Å². The average molecular weight is 287 g/mol. The van der Waals surface area contributed by atoms with Crippen molar-refractivity contribution in [2.75, 3.05) is 0 Å². The molecular weight excluding hydrogens is 271 g/mol. The Hall–Kier alpha value is -0.450. The number of halogens is 2. The summed E-state index contributed by atoms with van der Waals surface area (Å²) in [6, 6.07) is 4.87. The zero-order valence-electron chi connectivity index (χ0n) is 9.05. The first kappa shape index (κ1) is 12.0. The van der Waals surface area contributed by atoms with Crippen LogP contribution in [0.3, 0.4) is 0 Å². The van der Waals surface area contributed by atoms with Crippen molar-refractivity contribution in [3.63, 3.8) is 0 Å². The smallest absolute Gasteiger partial charge is 0.124 e. The Morgan fingerprint density at radius 2 is 2.25 bits per heavy atom. The van der Waals surface area contributed by atoms with E-state index in [-0.39, 0.29) is 11.9 Å². The lowest BCUT2D eigenvalue weighted by atomic mass is 9.80. The summed E-state index contributed by atoms with van der Waals surface area (Å²) < 4.78 is 13.8. The maximum Gasteiger partial charge on any atom is 0.124 e. The van der Waals surface area contributed by atoms with Gasteiger partial charge in [0.25, 0.3) is 0 Å². The highest BCUT2D eigenvalue weighted by Crippen LogP contribution is 2.36. The van der Waals surface area contributed by atoms with Gasteiger partial charge in [0.1, 0.15) is 5.82 Å². The van der Waals surface area contributed by atoms with Gasteiger partial charge < -0.3 is 0 Å². The van der Waals surface area contributed by atoms with Crippen LogP contribution in [0, 0.1) is 11.7 Å². The minimum atomic E-state index is -0.227. The summed E-state index contributed by atoms with van der Waals surface area (Å²) in [6.07, 6.45) is 4.93. The van der Waals surface area contributed by atoms with Gasteiger partial charge in [-0.15, -0.1) is 0 Å². The highest BCUT2D eigenvalue weighted by molar-refractivity contribution is 9.10. The fourth-order valence-corrected chi connectivity index (χ4v) is 2.76. The third-order valence-corrected chi connectivity index (χ3v) is 4.02. The molecule has 4 heteroatoms. The summed E-state index contributed by atoms with van der Waals surface area (Å²) in [6.45, 7) is 0. The van der Waals surface area contributed by atoms with Crippen LogP contribution >= 0.6 is 15.9 Å². The van der Waals surface area contributed by atoms with Crippen LogP contribution in [-0.4, -0.2) is 0 Å². The molecule has 3 N–H and O–H groups in total. The molecule has 0 aromatic heterocycles. The first-order valence-electron chi connectivity index (χ1n) is 5.62. The summed E-state index contributed by atoms with van der Waals surface area (Å²) in [4.78, 5) is 0. The van der Waals surface area contributed by atoms with Crippen LogP contribution in [-0.2, 0) is 0 Å². The predicted molar refractivity (Wildman–Crippen MR) is 66.1 cm³/mol. The van der Waals surface area contributed by atoms with Gasteiger partial charge in [-0.05, 0) is 30.0 Å². The molecule has 2 rings (SSSR count). The van der Waals surface area contributed by atoms with E-state index in [1.54, 1.807) is 6.07 Å². The van der Waals surface area contributed by atoms with Gasteiger partial charge >= 0.3 is 0 Å². The summed E-state index contributed by atoms with van der Waals surface area (Å²) in [5.41, 5.74) is 3.86. The maximum atomic E-state index is 13.0. The molecular formula is C12H16BrFN2. The van der Waals surface area contributed by atoms with Gasteiger partial charge in [0.15, 0.2) is 0 Å². The molecule has 1 aliphatic rings.